The molecule has 0 radical (unpaired) electrons. The first-order chi connectivity index (χ1) is 7.93. The van der Waals surface area contributed by atoms with Gasteiger partial charge in [-0.1, -0.05) is 13.8 Å². The SMILES string of the molecule is CC(C)C(N)CCN(C)C(=O)c1nccn1C. The maximum Gasteiger partial charge on any atom is 0.289 e. The van der Waals surface area contributed by atoms with E-state index in [2.05, 4.69) is 18.8 Å². The van der Waals surface area contributed by atoms with Crippen molar-refractivity contribution in [2.75, 3.05) is 13.6 Å². The molecule has 96 valence electrons. The summed E-state index contributed by atoms with van der Waals surface area (Å²) in [5.41, 5.74) is 5.95. The Balaban J connectivity index is 2.51. The molecule has 0 fully saturated rings. The molecule has 0 aliphatic heterocycles. The van der Waals surface area contributed by atoms with Gasteiger partial charge in [0.15, 0.2) is 5.82 Å². The number of imidazole rings is 1. The van der Waals surface area contributed by atoms with Gasteiger partial charge < -0.3 is 15.2 Å². The summed E-state index contributed by atoms with van der Waals surface area (Å²) in [5.74, 6) is 0.839. The van der Waals surface area contributed by atoms with E-state index in [4.69, 9.17) is 5.73 Å². The highest BCUT2D eigenvalue weighted by Crippen LogP contribution is 2.06. The molecule has 1 unspecified atom stereocenters. The fourth-order valence-corrected chi connectivity index (χ4v) is 1.52. The second-order valence-corrected chi connectivity index (χ2v) is 4.79. The number of hydrogen-bond acceptors (Lipinski definition) is 3. The predicted octanol–water partition coefficient (Wildman–Crippen LogP) is 0.865. The maximum atomic E-state index is 12.0. The first kappa shape index (κ1) is 13.7. The molecular weight excluding hydrogens is 216 g/mol. The molecule has 0 saturated heterocycles. The van der Waals surface area contributed by atoms with E-state index in [0.717, 1.165) is 6.42 Å². The number of nitrogens with two attached hydrogens (primary N) is 1. The van der Waals surface area contributed by atoms with E-state index >= 15 is 0 Å². The van der Waals surface area contributed by atoms with Crippen LogP contribution in [0.2, 0.25) is 0 Å². The lowest BCUT2D eigenvalue weighted by atomic mass is 10.0. The minimum Gasteiger partial charge on any atom is -0.339 e. The minimum absolute atomic E-state index is 0.0616. The van der Waals surface area contributed by atoms with Crippen LogP contribution in [-0.4, -0.2) is 40.0 Å². The molecular formula is C12H22N4O. The monoisotopic (exact) mass is 238 g/mol. The van der Waals surface area contributed by atoms with E-state index in [9.17, 15) is 4.79 Å². The average Bonchev–Trinajstić information content (AvgIpc) is 2.70. The van der Waals surface area contributed by atoms with Crippen LogP contribution in [-0.2, 0) is 7.05 Å². The van der Waals surface area contributed by atoms with Crippen LogP contribution < -0.4 is 5.73 Å². The normalized spacial score (nSPS) is 12.8. The highest BCUT2D eigenvalue weighted by molar-refractivity contribution is 5.90. The Hall–Kier alpha value is -1.36. The highest BCUT2D eigenvalue weighted by Gasteiger charge is 2.17. The Morgan fingerprint density at radius 3 is 2.71 bits per heavy atom. The molecule has 5 heteroatoms. The van der Waals surface area contributed by atoms with Gasteiger partial charge >= 0.3 is 0 Å². The molecule has 0 saturated carbocycles. The van der Waals surface area contributed by atoms with E-state index < -0.39 is 0 Å². The summed E-state index contributed by atoms with van der Waals surface area (Å²) in [6.45, 7) is 4.83. The Bertz CT molecular complexity index is 372. The van der Waals surface area contributed by atoms with Crippen LogP contribution in [0.15, 0.2) is 12.4 Å². The van der Waals surface area contributed by atoms with Crippen LogP contribution in [0.25, 0.3) is 0 Å². The smallest absolute Gasteiger partial charge is 0.289 e. The van der Waals surface area contributed by atoms with Crippen molar-refractivity contribution in [3.05, 3.63) is 18.2 Å². The minimum atomic E-state index is -0.0616. The molecule has 1 amide bonds. The molecule has 0 aromatic carbocycles. The van der Waals surface area contributed by atoms with Gasteiger partial charge in [0.05, 0.1) is 0 Å². The highest BCUT2D eigenvalue weighted by atomic mass is 16.2. The number of carbonyl (C=O) groups excluding carboxylic acids is 1. The number of rotatable bonds is 5. The van der Waals surface area contributed by atoms with Crippen LogP contribution in [0.3, 0.4) is 0 Å². The van der Waals surface area contributed by atoms with Crippen molar-refractivity contribution >= 4 is 5.91 Å². The number of carbonyl (C=O) groups is 1. The topological polar surface area (TPSA) is 64.2 Å². The molecule has 0 aliphatic carbocycles. The van der Waals surface area contributed by atoms with Crippen LogP contribution >= 0.6 is 0 Å². The van der Waals surface area contributed by atoms with Crippen LogP contribution in [0.5, 0.6) is 0 Å². The van der Waals surface area contributed by atoms with E-state index in [1.165, 1.54) is 0 Å². The molecule has 1 aromatic rings. The van der Waals surface area contributed by atoms with Gasteiger partial charge in [0, 0.05) is 39.1 Å². The zero-order valence-electron chi connectivity index (χ0n) is 11.1. The molecule has 1 atom stereocenters. The molecule has 0 spiro atoms. The zero-order chi connectivity index (χ0) is 13.0. The van der Waals surface area contributed by atoms with Crippen molar-refractivity contribution in [2.45, 2.75) is 26.3 Å². The summed E-state index contributed by atoms with van der Waals surface area (Å²) < 4.78 is 1.72. The first-order valence-corrected chi connectivity index (χ1v) is 5.91. The average molecular weight is 238 g/mol. The van der Waals surface area contributed by atoms with Crippen molar-refractivity contribution in [1.29, 1.82) is 0 Å². The Morgan fingerprint density at radius 1 is 1.59 bits per heavy atom. The van der Waals surface area contributed by atoms with Gasteiger partial charge in [-0.15, -0.1) is 0 Å². The summed E-state index contributed by atoms with van der Waals surface area (Å²) in [4.78, 5) is 17.7. The third-order valence-electron chi connectivity index (χ3n) is 3.01. The van der Waals surface area contributed by atoms with Gasteiger partial charge in [0.1, 0.15) is 0 Å². The van der Waals surface area contributed by atoms with Crippen molar-refractivity contribution < 1.29 is 4.79 Å². The van der Waals surface area contributed by atoms with E-state index in [1.54, 1.807) is 28.9 Å². The van der Waals surface area contributed by atoms with Crippen molar-refractivity contribution in [3.8, 4) is 0 Å². The quantitative estimate of drug-likeness (QED) is 0.827. The van der Waals surface area contributed by atoms with Crippen molar-refractivity contribution in [1.82, 2.24) is 14.5 Å². The predicted molar refractivity (Wildman–Crippen MR) is 67.6 cm³/mol. The zero-order valence-corrected chi connectivity index (χ0v) is 11.1. The molecule has 1 heterocycles. The van der Waals surface area contributed by atoms with Gasteiger partial charge in [-0.3, -0.25) is 4.79 Å². The summed E-state index contributed by atoms with van der Waals surface area (Å²) in [5, 5.41) is 0. The molecule has 0 bridgehead atoms. The van der Waals surface area contributed by atoms with Gasteiger partial charge in [-0.05, 0) is 12.3 Å². The summed E-state index contributed by atoms with van der Waals surface area (Å²) in [6.07, 6.45) is 4.20. The number of nitrogens with zero attached hydrogens (tertiary/aromatic N) is 3. The number of amides is 1. The van der Waals surface area contributed by atoms with Crippen molar-refractivity contribution in [2.24, 2.45) is 18.7 Å². The summed E-state index contributed by atoms with van der Waals surface area (Å²) >= 11 is 0. The maximum absolute atomic E-state index is 12.0. The largest absolute Gasteiger partial charge is 0.339 e. The summed E-state index contributed by atoms with van der Waals surface area (Å²) in [6, 6.07) is 0.131. The third kappa shape index (κ3) is 3.56. The van der Waals surface area contributed by atoms with E-state index in [-0.39, 0.29) is 11.9 Å². The van der Waals surface area contributed by atoms with Crippen LogP contribution in [0.4, 0.5) is 0 Å². The molecule has 1 aromatic heterocycles. The van der Waals surface area contributed by atoms with E-state index in [0.29, 0.717) is 18.3 Å². The Kier molecular flexibility index (Phi) is 4.69. The first-order valence-electron chi connectivity index (χ1n) is 5.91. The fraction of sp³-hybridized carbons (Fsp3) is 0.667. The lowest BCUT2D eigenvalue weighted by molar-refractivity contribution is 0.0773. The Morgan fingerprint density at radius 2 is 2.24 bits per heavy atom. The van der Waals surface area contributed by atoms with Gasteiger partial charge in [-0.2, -0.15) is 0 Å². The van der Waals surface area contributed by atoms with Gasteiger partial charge in [0.2, 0.25) is 0 Å². The molecule has 17 heavy (non-hydrogen) atoms. The lowest BCUT2D eigenvalue weighted by Crippen LogP contribution is -2.35. The fourth-order valence-electron chi connectivity index (χ4n) is 1.52. The molecule has 5 nitrogen and oxygen atoms in total. The number of hydrogen-bond donors (Lipinski definition) is 1. The second kappa shape index (κ2) is 5.82. The molecule has 0 aliphatic rings. The van der Waals surface area contributed by atoms with E-state index in [1.807, 2.05) is 7.05 Å². The van der Waals surface area contributed by atoms with Gasteiger partial charge in [-0.25, -0.2) is 4.98 Å². The van der Waals surface area contributed by atoms with Crippen LogP contribution in [0, 0.1) is 5.92 Å². The number of aromatic nitrogens is 2. The standard InChI is InChI=1S/C12H22N4O/c1-9(2)10(13)5-7-16(4)12(17)11-14-6-8-15(11)3/h6,8-10H,5,7,13H2,1-4H3. The summed E-state index contributed by atoms with van der Waals surface area (Å²) in [7, 11) is 3.60. The Labute approximate surface area is 103 Å². The molecule has 1 rings (SSSR count). The number of aryl methyl sites for hydroxylation is 1. The lowest BCUT2D eigenvalue weighted by Gasteiger charge is -2.21. The molecule has 2 N–H and O–H groups in total. The van der Waals surface area contributed by atoms with Crippen LogP contribution in [0.1, 0.15) is 30.9 Å². The van der Waals surface area contributed by atoms with Gasteiger partial charge in [0.25, 0.3) is 5.91 Å². The third-order valence-corrected chi connectivity index (χ3v) is 3.01. The van der Waals surface area contributed by atoms with Crippen molar-refractivity contribution in [3.63, 3.8) is 0 Å². The second-order valence-electron chi connectivity index (χ2n) is 4.79.